The lowest BCUT2D eigenvalue weighted by Gasteiger charge is -2.26. The van der Waals surface area contributed by atoms with Crippen LogP contribution in [-0.4, -0.2) is 15.5 Å². The van der Waals surface area contributed by atoms with E-state index in [0.29, 0.717) is 5.15 Å². The summed E-state index contributed by atoms with van der Waals surface area (Å²) in [7, 11) is 0. The fourth-order valence-corrected chi connectivity index (χ4v) is 2.10. The lowest BCUT2D eigenvalue weighted by molar-refractivity contribution is 0.508. The third-order valence-electron chi connectivity index (χ3n) is 2.56. The molecule has 0 aliphatic heterocycles. The second-order valence-corrected chi connectivity index (χ2v) is 5.39. The number of hydrogen-bond donors (Lipinski definition) is 1. The van der Waals surface area contributed by atoms with Gasteiger partial charge in [-0.3, -0.25) is 0 Å². The smallest absolute Gasteiger partial charge is 0.134 e. The van der Waals surface area contributed by atoms with Crippen LogP contribution in [0.5, 0.6) is 0 Å². The molecule has 3 nitrogen and oxygen atoms in total. The highest BCUT2D eigenvalue weighted by molar-refractivity contribution is 6.29. The van der Waals surface area contributed by atoms with Gasteiger partial charge in [0.1, 0.15) is 16.8 Å². The standard InChI is InChI=1S/C13H22ClN3/c1-5-7-11-15-10(14)9-12(16-11)17-13(3,4)8-6-2/h9H,5-8H2,1-4H3,(H,15,16,17). The van der Waals surface area contributed by atoms with Crippen LogP contribution in [0.3, 0.4) is 0 Å². The molecular formula is C13H22ClN3. The maximum atomic E-state index is 6.00. The molecule has 1 aromatic rings. The Labute approximate surface area is 109 Å². The van der Waals surface area contributed by atoms with Crippen molar-refractivity contribution in [3.63, 3.8) is 0 Å². The van der Waals surface area contributed by atoms with Gasteiger partial charge in [0.25, 0.3) is 0 Å². The van der Waals surface area contributed by atoms with E-state index in [4.69, 9.17) is 11.6 Å². The molecule has 4 heteroatoms. The predicted octanol–water partition coefficient (Wildman–Crippen LogP) is 4.07. The molecule has 96 valence electrons. The summed E-state index contributed by atoms with van der Waals surface area (Å²) in [6, 6.07) is 1.79. The molecule has 1 heterocycles. The molecule has 1 aromatic heterocycles. The number of anilines is 1. The Morgan fingerprint density at radius 1 is 1.24 bits per heavy atom. The summed E-state index contributed by atoms with van der Waals surface area (Å²) >= 11 is 6.00. The summed E-state index contributed by atoms with van der Waals surface area (Å²) in [6.07, 6.45) is 4.12. The summed E-state index contributed by atoms with van der Waals surface area (Å²) in [5.74, 6) is 1.64. The highest BCUT2D eigenvalue weighted by Crippen LogP contribution is 2.20. The summed E-state index contributed by atoms with van der Waals surface area (Å²) in [5, 5.41) is 3.94. The van der Waals surface area contributed by atoms with E-state index in [0.717, 1.165) is 37.3 Å². The van der Waals surface area contributed by atoms with Gasteiger partial charge < -0.3 is 5.32 Å². The van der Waals surface area contributed by atoms with Crippen molar-refractivity contribution in [2.75, 3.05) is 5.32 Å². The van der Waals surface area contributed by atoms with Crippen molar-refractivity contribution in [1.82, 2.24) is 9.97 Å². The number of nitrogens with one attached hydrogen (secondary N) is 1. The van der Waals surface area contributed by atoms with E-state index in [1.54, 1.807) is 6.07 Å². The van der Waals surface area contributed by atoms with Crippen LogP contribution in [0.2, 0.25) is 5.15 Å². The highest BCUT2D eigenvalue weighted by Gasteiger charge is 2.17. The van der Waals surface area contributed by atoms with Crippen LogP contribution in [0, 0.1) is 0 Å². The van der Waals surface area contributed by atoms with Gasteiger partial charge in [-0.15, -0.1) is 0 Å². The first-order chi connectivity index (χ1) is 7.96. The Hall–Kier alpha value is -0.830. The zero-order chi connectivity index (χ0) is 12.9. The molecule has 0 unspecified atom stereocenters. The number of rotatable bonds is 6. The van der Waals surface area contributed by atoms with Gasteiger partial charge in [-0.1, -0.05) is 31.9 Å². The first kappa shape index (κ1) is 14.2. The van der Waals surface area contributed by atoms with Crippen LogP contribution in [0.1, 0.15) is 52.8 Å². The van der Waals surface area contributed by atoms with Gasteiger partial charge >= 0.3 is 0 Å². The van der Waals surface area contributed by atoms with Crippen molar-refractivity contribution in [2.24, 2.45) is 0 Å². The quantitative estimate of drug-likeness (QED) is 0.779. The number of halogens is 1. The molecule has 0 saturated heterocycles. The van der Waals surface area contributed by atoms with Crippen LogP contribution in [0.25, 0.3) is 0 Å². The number of aromatic nitrogens is 2. The van der Waals surface area contributed by atoms with Gasteiger partial charge in [-0.2, -0.15) is 0 Å². The van der Waals surface area contributed by atoms with Crippen molar-refractivity contribution in [3.05, 3.63) is 17.0 Å². The average molecular weight is 256 g/mol. The maximum Gasteiger partial charge on any atom is 0.134 e. The lowest BCUT2D eigenvalue weighted by atomic mass is 9.99. The van der Waals surface area contributed by atoms with E-state index in [9.17, 15) is 0 Å². The van der Waals surface area contributed by atoms with Crippen LogP contribution in [0.15, 0.2) is 6.07 Å². The molecule has 17 heavy (non-hydrogen) atoms. The van der Waals surface area contributed by atoms with E-state index in [-0.39, 0.29) is 5.54 Å². The number of nitrogens with zero attached hydrogens (tertiary/aromatic N) is 2. The molecule has 0 aromatic carbocycles. The average Bonchev–Trinajstić information content (AvgIpc) is 2.15. The molecule has 0 aliphatic rings. The second kappa shape index (κ2) is 6.20. The predicted molar refractivity (Wildman–Crippen MR) is 73.6 cm³/mol. The van der Waals surface area contributed by atoms with Crippen molar-refractivity contribution in [1.29, 1.82) is 0 Å². The Morgan fingerprint density at radius 3 is 2.53 bits per heavy atom. The monoisotopic (exact) mass is 255 g/mol. The SMILES string of the molecule is CCCc1nc(Cl)cc(NC(C)(C)CCC)n1. The Kier molecular flexibility index (Phi) is 5.19. The van der Waals surface area contributed by atoms with E-state index >= 15 is 0 Å². The summed E-state index contributed by atoms with van der Waals surface area (Å²) in [6.45, 7) is 8.63. The molecule has 1 N–H and O–H groups in total. The molecule has 0 radical (unpaired) electrons. The lowest BCUT2D eigenvalue weighted by Crippen LogP contribution is -2.31. The zero-order valence-electron chi connectivity index (χ0n) is 11.2. The summed E-state index contributed by atoms with van der Waals surface area (Å²) in [5.41, 5.74) is 0.0376. The van der Waals surface area contributed by atoms with Crippen molar-refractivity contribution < 1.29 is 0 Å². The van der Waals surface area contributed by atoms with Crippen molar-refractivity contribution in [3.8, 4) is 0 Å². The van der Waals surface area contributed by atoms with Crippen LogP contribution in [0.4, 0.5) is 5.82 Å². The molecule has 0 fully saturated rings. The number of aryl methyl sites for hydroxylation is 1. The maximum absolute atomic E-state index is 6.00. The van der Waals surface area contributed by atoms with Crippen molar-refractivity contribution >= 4 is 17.4 Å². The topological polar surface area (TPSA) is 37.8 Å². The van der Waals surface area contributed by atoms with Crippen LogP contribution >= 0.6 is 11.6 Å². The van der Waals surface area contributed by atoms with Gasteiger partial charge in [0.2, 0.25) is 0 Å². The van der Waals surface area contributed by atoms with Gasteiger partial charge in [0.15, 0.2) is 0 Å². The molecule has 1 rings (SSSR count). The molecule has 0 bridgehead atoms. The Balaban J connectivity index is 2.83. The van der Waals surface area contributed by atoms with Crippen molar-refractivity contribution in [2.45, 2.75) is 58.9 Å². The van der Waals surface area contributed by atoms with Crippen LogP contribution < -0.4 is 5.32 Å². The summed E-state index contributed by atoms with van der Waals surface area (Å²) in [4.78, 5) is 8.70. The minimum absolute atomic E-state index is 0.0376. The summed E-state index contributed by atoms with van der Waals surface area (Å²) < 4.78 is 0. The van der Waals surface area contributed by atoms with Gasteiger partial charge in [-0.05, 0) is 26.7 Å². The molecule has 0 amide bonds. The zero-order valence-corrected chi connectivity index (χ0v) is 11.9. The molecule has 0 atom stereocenters. The minimum Gasteiger partial charge on any atom is -0.365 e. The molecule has 0 saturated carbocycles. The third-order valence-corrected chi connectivity index (χ3v) is 2.75. The first-order valence-electron chi connectivity index (χ1n) is 6.28. The molecule has 0 aliphatic carbocycles. The Bertz CT molecular complexity index is 364. The van der Waals surface area contributed by atoms with E-state index in [1.807, 2.05) is 0 Å². The highest BCUT2D eigenvalue weighted by atomic mass is 35.5. The largest absolute Gasteiger partial charge is 0.365 e. The minimum atomic E-state index is 0.0376. The fourth-order valence-electron chi connectivity index (χ4n) is 1.90. The number of hydrogen-bond acceptors (Lipinski definition) is 3. The van der Waals surface area contributed by atoms with Gasteiger partial charge in [0, 0.05) is 18.0 Å². The fraction of sp³-hybridized carbons (Fsp3) is 0.692. The normalized spacial score (nSPS) is 11.6. The van der Waals surface area contributed by atoms with E-state index < -0.39 is 0 Å². The van der Waals surface area contributed by atoms with Crippen LogP contribution in [-0.2, 0) is 6.42 Å². The van der Waals surface area contributed by atoms with E-state index in [1.165, 1.54) is 0 Å². The van der Waals surface area contributed by atoms with Gasteiger partial charge in [-0.25, -0.2) is 9.97 Å². The molecule has 0 spiro atoms. The van der Waals surface area contributed by atoms with E-state index in [2.05, 4.69) is 43.0 Å². The Morgan fingerprint density at radius 2 is 1.94 bits per heavy atom. The van der Waals surface area contributed by atoms with Gasteiger partial charge in [0.05, 0.1) is 0 Å². The first-order valence-corrected chi connectivity index (χ1v) is 6.66. The third kappa shape index (κ3) is 4.90. The molecular weight excluding hydrogens is 234 g/mol. The second-order valence-electron chi connectivity index (χ2n) is 5.00.